The minimum Gasteiger partial charge on any atom is -0.491 e. The Morgan fingerprint density at radius 3 is 2.90 bits per heavy atom. The van der Waals surface area contributed by atoms with Gasteiger partial charge in [-0.15, -0.1) is 0 Å². The molecular weight excluding hydrogens is 258 g/mol. The molecule has 0 saturated carbocycles. The summed E-state index contributed by atoms with van der Waals surface area (Å²) < 4.78 is 5.48. The fraction of sp³-hybridized carbons (Fsp3) is 0.429. The molecule has 0 spiro atoms. The zero-order valence-corrected chi connectivity index (χ0v) is 11.2. The van der Waals surface area contributed by atoms with Gasteiger partial charge >= 0.3 is 0 Å². The molecule has 4 N–H and O–H groups in total. The SMILES string of the molecule is NC(=O)CCOc1ccccc1NC(=O)[C@@H]1CCCN1. The van der Waals surface area contributed by atoms with Gasteiger partial charge < -0.3 is 21.1 Å². The highest BCUT2D eigenvalue weighted by atomic mass is 16.5. The van der Waals surface area contributed by atoms with Crippen LogP contribution in [0.5, 0.6) is 5.75 Å². The summed E-state index contributed by atoms with van der Waals surface area (Å²) in [5.74, 6) is 0.0650. The number of hydrogen-bond donors (Lipinski definition) is 3. The molecule has 6 nitrogen and oxygen atoms in total. The summed E-state index contributed by atoms with van der Waals surface area (Å²) in [5.41, 5.74) is 5.67. The first kappa shape index (κ1) is 14.3. The highest BCUT2D eigenvalue weighted by molar-refractivity contribution is 5.96. The van der Waals surface area contributed by atoms with Gasteiger partial charge in [-0.1, -0.05) is 12.1 Å². The highest BCUT2D eigenvalue weighted by Gasteiger charge is 2.22. The van der Waals surface area contributed by atoms with E-state index < -0.39 is 5.91 Å². The molecule has 0 bridgehead atoms. The molecule has 0 radical (unpaired) electrons. The van der Waals surface area contributed by atoms with Gasteiger partial charge in [-0.2, -0.15) is 0 Å². The van der Waals surface area contributed by atoms with Crippen molar-refractivity contribution in [3.63, 3.8) is 0 Å². The van der Waals surface area contributed by atoms with Gasteiger partial charge in [0.15, 0.2) is 0 Å². The van der Waals surface area contributed by atoms with E-state index in [2.05, 4.69) is 10.6 Å². The Morgan fingerprint density at radius 1 is 1.40 bits per heavy atom. The number of nitrogens with two attached hydrogens (primary N) is 1. The topological polar surface area (TPSA) is 93.5 Å². The fourth-order valence-electron chi connectivity index (χ4n) is 2.09. The Balaban J connectivity index is 1.96. The third-order valence-electron chi connectivity index (χ3n) is 3.13. The zero-order chi connectivity index (χ0) is 14.4. The molecule has 20 heavy (non-hydrogen) atoms. The smallest absolute Gasteiger partial charge is 0.241 e. The summed E-state index contributed by atoms with van der Waals surface area (Å²) >= 11 is 0. The molecule has 1 aromatic carbocycles. The van der Waals surface area contributed by atoms with Crippen LogP contribution in [0.3, 0.4) is 0 Å². The molecule has 1 atom stereocenters. The normalized spacial score (nSPS) is 17.7. The van der Waals surface area contributed by atoms with E-state index in [-0.39, 0.29) is 25.0 Å². The predicted molar refractivity (Wildman–Crippen MR) is 75.4 cm³/mol. The van der Waals surface area contributed by atoms with Gasteiger partial charge in [0.05, 0.1) is 24.8 Å². The maximum Gasteiger partial charge on any atom is 0.241 e. The van der Waals surface area contributed by atoms with Crippen LogP contribution in [-0.4, -0.2) is 31.0 Å². The second kappa shape index (κ2) is 6.91. The Labute approximate surface area is 117 Å². The number of nitrogens with one attached hydrogen (secondary N) is 2. The van der Waals surface area contributed by atoms with Gasteiger partial charge in [-0.05, 0) is 31.5 Å². The van der Waals surface area contributed by atoms with Crippen LogP contribution < -0.4 is 21.1 Å². The van der Waals surface area contributed by atoms with Crippen LogP contribution in [-0.2, 0) is 9.59 Å². The number of carbonyl (C=O) groups is 2. The van der Waals surface area contributed by atoms with Crippen LogP contribution in [0.15, 0.2) is 24.3 Å². The molecule has 6 heteroatoms. The number of amides is 2. The molecule has 1 fully saturated rings. The van der Waals surface area contributed by atoms with E-state index >= 15 is 0 Å². The van der Waals surface area contributed by atoms with E-state index in [4.69, 9.17) is 10.5 Å². The Hall–Kier alpha value is -2.08. The van der Waals surface area contributed by atoms with Crippen molar-refractivity contribution >= 4 is 17.5 Å². The lowest BCUT2D eigenvalue weighted by atomic mass is 10.2. The van der Waals surface area contributed by atoms with Gasteiger partial charge in [0.1, 0.15) is 5.75 Å². The van der Waals surface area contributed by atoms with Crippen LogP contribution in [0.2, 0.25) is 0 Å². The molecule has 0 aliphatic carbocycles. The van der Waals surface area contributed by atoms with Gasteiger partial charge in [0.2, 0.25) is 11.8 Å². The monoisotopic (exact) mass is 277 g/mol. The van der Waals surface area contributed by atoms with Crippen molar-refractivity contribution < 1.29 is 14.3 Å². The Morgan fingerprint density at radius 2 is 2.20 bits per heavy atom. The molecule has 0 unspecified atom stereocenters. The first-order valence-electron chi connectivity index (χ1n) is 6.71. The second-order valence-electron chi connectivity index (χ2n) is 4.70. The van der Waals surface area contributed by atoms with Gasteiger partial charge in [-0.3, -0.25) is 9.59 Å². The lowest BCUT2D eigenvalue weighted by Gasteiger charge is -2.14. The minimum absolute atomic E-state index is 0.0616. The van der Waals surface area contributed by atoms with Gasteiger partial charge in [0.25, 0.3) is 0 Å². The molecule has 1 saturated heterocycles. The van der Waals surface area contributed by atoms with Crippen molar-refractivity contribution in [1.82, 2.24) is 5.32 Å². The molecule has 2 rings (SSSR count). The van der Waals surface area contributed by atoms with Crippen molar-refractivity contribution in [3.05, 3.63) is 24.3 Å². The van der Waals surface area contributed by atoms with Crippen LogP contribution in [0.4, 0.5) is 5.69 Å². The Bertz CT molecular complexity index is 484. The van der Waals surface area contributed by atoms with Gasteiger partial charge in [0, 0.05) is 0 Å². The maximum absolute atomic E-state index is 12.0. The van der Waals surface area contributed by atoms with Crippen molar-refractivity contribution in [2.24, 2.45) is 5.73 Å². The molecule has 1 aromatic rings. The third-order valence-corrected chi connectivity index (χ3v) is 3.13. The quantitative estimate of drug-likeness (QED) is 0.711. The lowest BCUT2D eigenvalue weighted by molar-refractivity contribution is -0.119. The summed E-state index contributed by atoms with van der Waals surface area (Å²) in [6.45, 7) is 1.07. The number of primary amides is 1. The zero-order valence-electron chi connectivity index (χ0n) is 11.2. The highest BCUT2D eigenvalue weighted by Crippen LogP contribution is 2.24. The predicted octanol–water partition coefficient (Wildman–Crippen LogP) is 0.631. The average Bonchev–Trinajstić information content (AvgIpc) is 2.94. The minimum atomic E-state index is -0.415. The van der Waals surface area contributed by atoms with E-state index in [1.54, 1.807) is 12.1 Å². The van der Waals surface area contributed by atoms with E-state index in [0.717, 1.165) is 19.4 Å². The van der Waals surface area contributed by atoms with Crippen molar-refractivity contribution in [2.75, 3.05) is 18.5 Å². The van der Waals surface area contributed by atoms with E-state index in [1.165, 1.54) is 0 Å². The summed E-state index contributed by atoms with van der Waals surface area (Å²) in [7, 11) is 0. The number of anilines is 1. The number of ether oxygens (including phenoxy) is 1. The summed E-state index contributed by atoms with van der Waals surface area (Å²) in [4.78, 5) is 22.7. The molecule has 1 aliphatic heterocycles. The maximum atomic E-state index is 12.0. The number of rotatable bonds is 6. The number of benzene rings is 1. The second-order valence-corrected chi connectivity index (χ2v) is 4.70. The number of hydrogen-bond acceptors (Lipinski definition) is 4. The van der Waals surface area contributed by atoms with Crippen LogP contribution >= 0.6 is 0 Å². The molecular formula is C14H19N3O3. The van der Waals surface area contributed by atoms with Crippen molar-refractivity contribution in [3.8, 4) is 5.75 Å². The van der Waals surface area contributed by atoms with Crippen molar-refractivity contribution in [2.45, 2.75) is 25.3 Å². The summed E-state index contributed by atoms with van der Waals surface area (Å²) in [6, 6.07) is 7.00. The fourth-order valence-corrected chi connectivity index (χ4v) is 2.09. The summed E-state index contributed by atoms with van der Waals surface area (Å²) in [5, 5.41) is 5.99. The molecule has 108 valence electrons. The first-order valence-corrected chi connectivity index (χ1v) is 6.71. The van der Waals surface area contributed by atoms with E-state index in [1.807, 2.05) is 12.1 Å². The summed E-state index contributed by atoms with van der Waals surface area (Å²) in [6.07, 6.45) is 2.00. The number of carbonyl (C=O) groups excluding carboxylic acids is 2. The van der Waals surface area contributed by atoms with Crippen LogP contribution in [0.1, 0.15) is 19.3 Å². The molecule has 0 aromatic heterocycles. The standard InChI is InChI=1S/C14H19N3O3/c15-13(18)7-9-20-12-6-2-1-4-10(12)17-14(19)11-5-3-8-16-11/h1-2,4,6,11,16H,3,5,7-9H2,(H2,15,18)(H,17,19)/t11-/m0/s1. The largest absolute Gasteiger partial charge is 0.491 e. The molecule has 2 amide bonds. The molecule has 1 aliphatic rings. The average molecular weight is 277 g/mol. The lowest BCUT2D eigenvalue weighted by Crippen LogP contribution is -2.35. The van der Waals surface area contributed by atoms with Gasteiger partial charge in [-0.25, -0.2) is 0 Å². The van der Waals surface area contributed by atoms with Crippen molar-refractivity contribution in [1.29, 1.82) is 0 Å². The van der Waals surface area contributed by atoms with Crippen LogP contribution in [0.25, 0.3) is 0 Å². The Kier molecular flexibility index (Phi) is 4.95. The first-order chi connectivity index (χ1) is 9.66. The number of para-hydroxylation sites is 2. The third kappa shape index (κ3) is 3.96. The van der Waals surface area contributed by atoms with Crippen LogP contribution in [0, 0.1) is 0 Å². The van der Waals surface area contributed by atoms with E-state index in [9.17, 15) is 9.59 Å². The molecule has 1 heterocycles. The van der Waals surface area contributed by atoms with E-state index in [0.29, 0.717) is 11.4 Å².